The summed E-state index contributed by atoms with van der Waals surface area (Å²) < 4.78 is 0. The molecule has 0 bridgehead atoms. The van der Waals surface area contributed by atoms with Crippen LogP contribution in [0.2, 0.25) is 0 Å². The highest BCUT2D eigenvalue weighted by Gasteiger charge is 2.30. The Morgan fingerprint density at radius 2 is 1.58 bits per heavy atom. The monoisotopic (exact) mass is 448 g/mol. The number of hydrazine groups is 1. The summed E-state index contributed by atoms with van der Waals surface area (Å²) in [6, 6.07) is 18.5. The number of para-hydroxylation sites is 2. The normalized spacial score (nSPS) is 18.5. The van der Waals surface area contributed by atoms with E-state index in [0.29, 0.717) is 18.8 Å². The van der Waals surface area contributed by atoms with E-state index in [9.17, 15) is 14.4 Å². The van der Waals surface area contributed by atoms with Crippen LogP contribution >= 0.6 is 0 Å². The molecule has 2 aliphatic heterocycles. The first kappa shape index (κ1) is 22.3. The van der Waals surface area contributed by atoms with Gasteiger partial charge in [-0.05, 0) is 31.2 Å². The van der Waals surface area contributed by atoms with Gasteiger partial charge in [-0.25, -0.2) is 10.0 Å². The Morgan fingerprint density at radius 3 is 2.21 bits per heavy atom. The third kappa shape index (κ3) is 5.31. The lowest BCUT2D eigenvalue weighted by Crippen LogP contribution is -2.58. The van der Waals surface area contributed by atoms with E-state index in [0.717, 1.165) is 18.8 Å². The first-order chi connectivity index (χ1) is 16.0. The molecule has 2 aromatic rings. The molecule has 9 nitrogen and oxygen atoms in total. The molecule has 2 aliphatic rings. The second-order valence-electron chi connectivity index (χ2n) is 7.98. The van der Waals surface area contributed by atoms with Gasteiger partial charge in [0.25, 0.3) is 11.8 Å². The van der Waals surface area contributed by atoms with Gasteiger partial charge in [0, 0.05) is 44.8 Å². The highest BCUT2D eigenvalue weighted by atomic mass is 16.2. The zero-order chi connectivity index (χ0) is 23.2. The Kier molecular flexibility index (Phi) is 6.87. The minimum Gasteiger partial charge on any atom is -0.368 e. The Labute approximate surface area is 193 Å². The minimum atomic E-state index is -0.685. The van der Waals surface area contributed by atoms with Crippen LogP contribution in [0.15, 0.2) is 65.7 Å². The Bertz CT molecular complexity index is 1020. The van der Waals surface area contributed by atoms with E-state index >= 15 is 0 Å². The molecule has 0 aromatic heterocycles. The fourth-order valence-electron chi connectivity index (χ4n) is 3.88. The average molecular weight is 449 g/mol. The van der Waals surface area contributed by atoms with Gasteiger partial charge in [0.1, 0.15) is 6.04 Å². The Hall–Kier alpha value is -3.88. The van der Waals surface area contributed by atoms with Gasteiger partial charge in [-0.3, -0.25) is 19.8 Å². The number of carbonyl (C=O) groups excluding carboxylic acids is 3. The molecule has 2 aromatic carbocycles. The second-order valence-corrected chi connectivity index (χ2v) is 7.98. The number of amidine groups is 1. The van der Waals surface area contributed by atoms with Crippen LogP contribution in [-0.2, 0) is 14.4 Å². The van der Waals surface area contributed by atoms with E-state index in [1.54, 1.807) is 19.1 Å². The standard InChI is InChI=1S/C24H28N6O3/c1-18-24(33)30(20-10-6-3-7-11-20)27-22(26-18)23(32)25-13-12-21(31)29-16-14-28(15-17-29)19-8-4-2-5-9-19/h2-11,18H,12-17H2,1H3,(H,25,32)(H,26,27). The fraction of sp³-hybridized carbons (Fsp3) is 0.333. The lowest BCUT2D eigenvalue weighted by atomic mass is 10.2. The summed E-state index contributed by atoms with van der Waals surface area (Å²) in [6.07, 6.45) is 0.210. The van der Waals surface area contributed by atoms with Gasteiger partial charge in [-0.1, -0.05) is 36.4 Å². The molecule has 33 heavy (non-hydrogen) atoms. The van der Waals surface area contributed by atoms with Gasteiger partial charge < -0.3 is 15.1 Å². The van der Waals surface area contributed by atoms with Gasteiger partial charge in [0.15, 0.2) is 0 Å². The third-order valence-electron chi connectivity index (χ3n) is 5.73. The van der Waals surface area contributed by atoms with Crippen LogP contribution < -0.4 is 20.7 Å². The van der Waals surface area contributed by atoms with Gasteiger partial charge in [-0.2, -0.15) is 0 Å². The first-order valence-electron chi connectivity index (χ1n) is 11.1. The minimum absolute atomic E-state index is 0.0102. The molecule has 1 atom stereocenters. The number of carbonyl (C=O) groups is 3. The molecule has 0 spiro atoms. The SMILES string of the molecule is CC1N=C(C(=O)NCCC(=O)N2CCN(c3ccccc3)CC2)NN(c2ccccc2)C1=O. The van der Waals surface area contributed by atoms with Crippen molar-refractivity contribution in [3.8, 4) is 0 Å². The van der Waals surface area contributed by atoms with Crippen molar-refractivity contribution in [3.05, 3.63) is 60.7 Å². The summed E-state index contributed by atoms with van der Waals surface area (Å²) in [5.74, 6) is -0.634. The summed E-state index contributed by atoms with van der Waals surface area (Å²) >= 11 is 0. The lowest BCUT2D eigenvalue weighted by Gasteiger charge is -2.36. The zero-order valence-electron chi connectivity index (χ0n) is 18.6. The smallest absolute Gasteiger partial charge is 0.288 e. The van der Waals surface area contributed by atoms with Gasteiger partial charge in [0.05, 0.1) is 5.69 Å². The maximum Gasteiger partial charge on any atom is 0.288 e. The van der Waals surface area contributed by atoms with Crippen LogP contribution in [0.25, 0.3) is 0 Å². The zero-order valence-corrected chi connectivity index (χ0v) is 18.6. The van der Waals surface area contributed by atoms with E-state index in [4.69, 9.17) is 0 Å². The number of hydrogen-bond acceptors (Lipinski definition) is 6. The van der Waals surface area contributed by atoms with Gasteiger partial charge in [-0.15, -0.1) is 0 Å². The Balaban J connectivity index is 1.25. The number of nitrogens with zero attached hydrogens (tertiary/aromatic N) is 4. The molecule has 1 saturated heterocycles. The molecule has 1 unspecified atom stereocenters. The van der Waals surface area contributed by atoms with Crippen LogP contribution in [0.4, 0.5) is 11.4 Å². The number of nitrogens with one attached hydrogen (secondary N) is 2. The van der Waals surface area contributed by atoms with E-state index in [1.807, 2.05) is 41.3 Å². The number of aliphatic imine (C=N–C) groups is 1. The lowest BCUT2D eigenvalue weighted by molar-refractivity contribution is -0.131. The topological polar surface area (TPSA) is 97.3 Å². The predicted molar refractivity (Wildman–Crippen MR) is 127 cm³/mol. The third-order valence-corrected chi connectivity index (χ3v) is 5.73. The molecule has 0 radical (unpaired) electrons. The molecular formula is C24H28N6O3. The maximum absolute atomic E-state index is 12.6. The van der Waals surface area contributed by atoms with Gasteiger partial charge in [0.2, 0.25) is 11.7 Å². The van der Waals surface area contributed by atoms with E-state index in [-0.39, 0.29) is 30.6 Å². The number of benzene rings is 2. The van der Waals surface area contributed by atoms with Crippen LogP contribution in [0.1, 0.15) is 13.3 Å². The number of piperazine rings is 1. The summed E-state index contributed by atoms with van der Waals surface area (Å²) in [7, 11) is 0. The molecule has 9 heteroatoms. The molecule has 0 aliphatic carbocycles. The number of amides is 3. The molecule has 4 rings (SSSR count). The van der Waals surface area contributed by atoms with Crippen molar-refractivity contribution < 1.29 is 14.4 Å². The quantitative estimate of drug-likeness (QED) is 0.692. The van der Waals surface area contributed by atoms with Crippen molar-refractivity contribution in [2.24, 2.45) is 4.99 Å². The number of anilines is 2. The maximum atomic E-state index is 12.6. The average Bonchev–Trinajstić information content (AvgIpc) is 2.86. The summed E-state index contributed by atoms with van der Waals surface area (Å²) in [5.41, 5.74) is 4.58. The highest BCUT2D eigenvalue weighted by Crippen LogP contribution is 2.17. The first-order valence-corrected chi connectivity index (χ1v) is 11.1. The molecule has 3 amide bonds. The number of rotatable bonds is 6. The van der Waals surface area contributed by atoms with Crippen molar-refractivity contribution in [1.29, 1.82) is 0 Å². The highest BCUT2D eigenvalue weighted by molar-refractivity contribution is 6.39. The molecule has 172 valence electrons. The van der Waals surface area contributed by atoms with E-state index < -0.39 is 11.9 Å². The van der Waals surface area contributed by atoms with Crippen LogP contribution in [0.5, 0.6) is 0 Å². The molecule has 0 saturated carbocycles. The van der Waals surface area contributed by atoms with Crippen LogP contribution in [0, 0.1) is 0 Å². The molecule has 2 heterocycles. The predicted octanol–water partition coefficient (Wildman–Crippen LogP) is 1.18. The van der Waals surface area contributed by atoms with E-state index in [2.05, 4.69) is 32.8 Å². The van der Waals surface area contributed by atoms with Crippen molar-refractivity contribution in [3.63, 3.8) is 0 Å². The fourth-order valence-corrected chi connectivity index (χ4v) is 3.88. The van der Waals surface area contributed by atoms with Gasteiger partial charge >= 0.3 is 0 Å². The summed E-state index contributed by atoms with van der Waals surface area (Å²) in [6.45, 7) is 4.72. The van der Waals surface area contributed by atoms with Crippen molar-refractivity contribution in [2.75, 3.05) is 42.6 Å². The molecule has 2 N–H and O–H groups in total. The second kappa shape index (κ2) is 10.2. The largest absolute Gasteiger partial charge is 0.368 e. The Morgan fingerprint density at radius 1 is 0.970 bits per heavy atom. The van der Waals surface area contributed by atoms with Crippen molar-refractivity contribution in [1.82, 2.24) is 15.6 Å². The van der Waals surface area contributed by atoms with Crippen molar-refractivity contribution >= 4 is 34.9 Å². The molecule has 1 fully saturated rings. The van der Waals surface area contributed by atoms with E-state index in [1.165, 1.54) is 5.01 Å². The molecular weight excluding hydrogens is 420 g/mol. The summed E-state index contributed by atoms with van der Waals surface area (Å²) in [5, 5.41) is 4.06. The van der Waals surface area contributed by atoms with Crippen LogP contribution in [0.3, 0.4) is 0 Å². The van der Waals surface area contributed by atoms with Crippen LogP contribution in [-0.4, -0.2) is 67.2 Å². The summed E-state index contributed by atoms with van der Waals surface area (Å²) in [4.78, 5) is 45.9. The van der Waals surface area contributed by atoms with Crippen molar-refractivity contribution in [2.45, 2.75) is 19.4 Å². The number of hydrogen-bond donors (Lipinski definition) is 2.